The lowest BCUT2D eigenvalue weighted by atomic mass is 10.1. The van der Waals surface area contributed by atoms with Gasteiger partial charge in [0.1, 0.15) is 13.2 Å². The molecule has 0 amide bonds. The van der Waals surface area contributed by atoms with Crippen LogP contribution in [0.1, 0.15) is 265 Å². The number of ether oxygens (including phenoxy) is 3. The normalized spacial score (nSPS) is 12.8. The molecule has 0 saturated heterocycles. The summed E-state index contributed by atoms with van der Waals surface area (Å²) in [6, 6.07) is 0. The minimum Gasteiger partial charge on any atom is -0.462 e. The second kappa shape index (κ2) is 56.9. The fourth-order valence-corrected chi connectivity index (χ4v) is 7.70. The number of carbonyl (C=O) groups excluding carboxylic acids is 3. The van der Waals surface area contributed by atoms with Crippen molar-refractivity contribution in [2.45, 2.75) is 271 Å². The molecule has 0 N–H and O–H groups in total. The van der Waals surface area contributed by atoms with Crippen molar-refractivity contribution in [3.8, 4) is 0 Å². The molecule has 0 bridgehead atoms. The van der Waals surface area contributed by atoms with Gasteiger partial charge in [0.05, 0.1) is 0 Å². The summed E-state index contributed by atoms with van der Waals surface area (Å²) >= 11 is 0. The second-order valence-electron chi connectivity index (χ2n) is 18.8. The van der Waals surface area contributed by atoms with Crippen molar-refractivity contribution in [2.24, 2.45) is 0 Å². The molecule has 0 heterocycles. The van der Waals surface area contributed by atoms with Crippen LogP contribution in [-0.4, -0.2) is 37.2 Å². The molecule has 69 heavy (non-hydrogen) atoms. The minimum atomic E-state index is -0.793. The first-order valence-electron chi connectivity index (χ1n) is 28.7. The Morgan fingerprint density at radius 3 is 0.884 bits per heavy atom. The molecule has 0 radical (unpaired) electrons. The standard InChI is InChI=1S/C63H106O6/c1-4-7-10-13-16-19-22-25-28-29-30-31-32-33-34-35-36-39-41-44-47-50-53-56-62(65)68-59-60(69-63(66)57-54-51-48-45-42-38-27-24-21-18-15-12-9-6-3)58-67-61(64)55-52-49-46-43-40-37-26-23-20-17-14-11-8-5-2/h7,10,14-19,23-28,30-31,60H,4-6,8-9,11-13,20-22,29,32-59H2,1-3H3/b10-7-,17-14-,18-15-,19-16-,26-23-,27-24-,28-25-,31-30-. The summed E-state index contributed by atoms with van der Waals surface area (Å²) < 4.78 is 16.8. The van der Waals surface area contributed by atoms with Gasteiger partial charge in [-0.1, -0.05) is 234 Å². The predicted octanol–water partition coefficient (Wildman–Crippen LogP) is 19.3. The van der Waals surface area contributed by atoms with E-state index in [1.54, 1.807) is 0 Å². The molecule has 0 aromatic heterocycles. The molecule has 0 aliphatic carbocycles. The maximum absolute atomic E-state index is 12.8. The molecular weight excluding hydrogens is 853 g/mol. The molecule has 1 atom stereocenters. The van der Waals surface area contributed by atoms with Gasteiger partial charge in [-0.05, 0) is 109 Å². The zero-order chi connectivity index (χ0) is 50.0. The van der Waals surface area contributed by atoms with E-state index in [2.05, 4.69) is 118 Å². The van der Waals surface area contributed by atoms with Gasteiger partial charge in [-0.25, -0.2) is 0 Å². The molecule has 1 unspecified atom stereocenters. The first-order chi connectivity index (χ1) is 34.0. The third kappa shape index (κ3) is 55.1. The van der Waals surface area contributed by atoms with E-state index in [4.69, 9.17) is 14.2 Å². The van der Waals surface area contributed by atoms with Crippen molar-refractivity contribution >= 4 is 17.9 Å². The summed E-state index contributed by atoms with van der Waals surface area (Å²) in [7, 11) is 0. The van der Waals surface area contributed by atoms with E-state index in [-0.39, 0.29) is 31.1 Å². The van der Waals surface area contributed by atoms with Crippen molar-refractivity contribution < 1.29 is 28.6 Å². The fourth-order valence-electron chi connectivity index (χ4n) is 7.70. The zero-order valence-electron chi connectivity index (χ0n) is 45.0. The highest BCUT2D eigenvalue weighted by atomic mass is 16.6. The topological polar surface area (TPSA) is 78.9 Å². The van der Waals surface area contributed by atoms with Gasteiger partial charge in [0, 0.05) is 19.3 Å². The molecule has 0 aromatic carbocycles. The Bertz CT molecular complexity index is 1380. The van der Waals surface area contributed by atoms with Crippen LogP contribution in [0.25, 0.3) is 0 Å². The number of allylic oxidation sites excluding steroid dienone is 16. The summed E-state index contributed by atoms with van der Waals surface area (Å²) in [5.41, 5.74) is 0. The lowest BCUT2D eigenvalue weighted by Crippen LogP contribution is -2.30. The summed E-state index contributed by atoms with van der Waals surface area (Å²) in [5.74, 6) is -0.920. The third-order valence-corrected chi connectivity index (χ3v) is 12.0. The number of carbonyl (C=O) groups is 3. The van der Waals surface area contributed by atoms with Crippen LogP contribution in [0.2, 0.25) is 0 Å². The van der Waals surface area contributed by atoms with Gasteiger partial charge in [-0.15, -0.1) is 0 Å². The van der Waals surface area contributed by atoms with Gasteiger partial charge < -0.3 is 14.2 Å². The second-order valence-corrected chi connectivity index (χ2v) is 18.8. The largest absolute Gasteiger partial charge is 0.462 e. The number of hydrogen-bond donors (Lipinski definition) is 0. The zero-order valence-corrected chi connectivity index (χ0v) is 45.0. The van der Waals surface area contributed by atoms with Gasteiger partial charge in [0.25, 0.3) is 0 Å². The first-order valence-corrected chi connectivity index (χ1v) is 28.7. The monoisotopic (exact) mass is 959 g/mol. The Hall–Kier alpha value is -3.67. The van der Waals surface area contributed by atoms with Crippen LogP contribution in [0.15, 0.2) is 97.2 Å². The van der Waals surface area contributed by atoms with Crippen LogP contribution in [0.3, 0.4) is 0 Å². The maximum Gasteiger partial charge on any atom is 0.306 e. The van der Waals surface area contributed by atoms with Gasteiger partial charge >= 0.3 is 17.9 Å². The van der Waals surface area contributed by atoms with Crippen molar-refractivity contribution in [3.63, 3.8) is 0 Å². The van der Waals surface area contributed by atoms with Crippen LogP contribution in [0, 0.1) is 0 Å². The number of hydrogen-bond acceptors (Lipinski definition) is 6. The smallest absolute Gasteiger partial charge is 0.306 e. The van der Waals surface area contributed by atoms with E-state index < -0.39 is 6.10 Å². The third-order valence-electron chi connectivity index (χ3n) is 12.0. The van der Waals surface area contributed by atoms with Crippen molar-refractivity contribution in [1.82, 2.24) is 0 Å². The van der Waals surface area contributed by atoms with Gasteiger partial charge in [0.2, 0.25) is 0 Å². The van der Waals surface area contributed by atoms with E-state index in [0.717, 1.165) is 135 Å². The number of esters is 3. The lowest BCUT2D eigenvalue weighted by Gasteiger charge is -2.18. The van der Waals surface area contributed by atoms with Gasteiger partial charge in [0.15, 0.2) is 6.10 Å². The summed E-state index contributed by atoms with van der Waals surface area (Å²) in [6.45, 7) is 6.42. The van der Waals surface area contributed by atoms with E-state index >= 15 is 0 Å². The van der Waals surface area contributed by atoms with Crippen LogP contribution >= 0.6 is 0 Å². The fraction of sp³-hybridized carbons (Fsp3) is 0.698. The Morgan fingerprint density at radius 2 is 0.565 bits per heavy atom. The maximum atomic E-state index is 12.8. The Kier molecular flexibility index (Phi) is 53.9. The molecule has 0 fully saturated rings. The average molecular weight is 960 g/mol. The van der Waals surface area contributed by atoms with Gasteiger partial charge in [-0.3, -0.25) is 14.4 Å². The van der Waals surface area contributed by atoms with Crippen LogP contribution in [-0.2, 0) is 28.6 Å². The van der Waals surface area contributed by atoms with E-state index in [9.17, 15) is 14.4 Å². The van der Waals surface area contributed by atoms with E-state index in [1.807, 2.05) is 0 Å². The Balaban J connectivity index is 4.36. The van der Waals surface area contributed by atoms with Gasteiger partial charge in [-0.2, -0.15) is 0 Å². The van der Waals surface area contributed by atoms with Crippen LogP contribution in [0.5, 0.6) is 0 Å². The number of unbranched alkanes of at least 4 members (excludes halogenated alkanes) is 24. The molecule has 0 aliphatic heterocycles. The molecular formula is C63H106O6. The molecule has 394 valence electrons. The van der Waals surface area contributed by atoms with Crippen molar-refractivity contribution in [3.05, 3.63) is 97.2 Å². The molecule has 0 aromatic rings. The SMILES string of the molecule is CC/C=C\C/C=C\C/C=C\C/C=C\CCCCCCCCCCCCC(=O)OCC(COC(=O)CCCCCCC/C=C\C/C=C\CCCC)OC(=O)CCCCCCC/C=C\C/C=C\CCCC. The average Bonchev–Trinajstić information content (AvgIpc) is 3.35. The van der Waals surface area contributed by atoms with Crippen LogP contribution < -0.4 is 0 Å². The molecule has 0 spiro atoms. The summed E-state index contributed by atoms with van der Waals surface area (Å²) in [4.78, 5) is 38.1. The highest BCUT2D eigenvalue weighted by molar-refractivity contribution is 5.71. The lowest BCUT2D eigenvalue weighted by molar-refractivity contribution is -0.167. The Labute approximate surface area is 426 Å². The highest BCUT2D eigenvalue weighted by Gasteiger charge is 2.19. The molecule has 0 rings (SSSR count). The van der Waals surface area contributed by atoms with E-state index in [1.165, 1.54) is 89.9 Å². The summed E-state index contributed by atoms with van der Waals surface area (Å²) in [5, 5.41) is 0. The Morgan fingerprint density at radius 1 is 0.304 bits per heavy atom. The summed E-state index contributed by atoms with van der Waals surface area (Å²) in [6.07, 6.45) is 75.4. The van der Waals surface area contributed by atoms with Crippen LogP contribution in [0.4, 0.5) is 0 Å². The molecule has 0 saturated carbocycles. The molecule has 0 aliphatic rings. The minimum absolute atomic E-state index is 0.0903. The molecule has 6 nitrogen and oxygen atoms in total. The quantitative estimate of drug-likeness (QED) is 0.0262. The van der Waals surface area contributed by atoms with Crippen molar-refractivity contribution in [1.29, 1.82) is 0 Å². The van der Waals surface area contributed by atoms with E-state index in [0.29, 0.717) is 19.3 Å². The molecule has 6 heteroatoms. The first kappa shape index (κ1) is 65.3. The number of rotatable bonds is 51. The highest BCUT2D eigenvalue weighted by Crippen LogP contribution is 2.15. The van der Waals surface area contributed by atoms with Crippen molar-refractivity contribution in [2.75, 3.05) is 13.2 Å². The predicted molar refractivity (Wildman–Crippen MR) is 297 cm³/mol.